The Bertz CT molecular complexity index is 2790. The summed E-state index contributed by atoms with van der Waals surface area (Å²) in [6.07, 6.45) is 14.1. The molecule has 1 unspecified atom stereocenters. The van der Waals surface area contributed by atoms with Crippen LogP contribution in [-0.2, 0) is 37.7 Å². The van der Waals surface area contributed by atoms with Gasteiger partial charge in [0.05, 0.1) is 26.8 Å². The van der Waals surface area contributed by atoms with Gasteiger partial charge in [0, 0.05) is 56.6 Å². The standard InChI is InChI=1S/C48H58FN9O6S/c1-29-23-33(7-8-35(29)51-45-50-27-31-24-48(15-16-48)44(61)57(42(31)53-45)32-5-3-4-6-32)65(63,64)34-25-47(26-34)17-21-55(22-18-47)28-30-13-19-56(20-14-30)36-9-10-37-41(40(36)49)54(2)46(62)58(37)38-11-12-39(59)52-43(38)60/h7-10,23,27,30,32,34,38H,3-6,11-22,24-26,28H2,1-2H3,(H,50,51,53)(H,52,59,60). The molecule has 0 bridgehead atoms. The number of likely N-dealkylation sites (tertiary alicyclic amines) is 1. The maximum atomic E-state index is 16.2. The lowest BCUT2D eigenvalue weighted by Crippen LogP contribution is -2.52. The third-order valence-electron chi connectivity index (χ3n) is 16.4. The van der Waals surface area contributed by atoms with Crippen LogP contribution in [0.15, 0.2) is 46.2 Å². The molecule has 3 aliphatic carbocycles. The molecule has 2 spiro atoms. The molecule has 6 fully saturated rings. The lowest BCUT2D eigenvalue weighted by molar-refractivity contribution is -0.135. The van der Waals surface area contributed by atoms with E-state index in [0.717, 1.165) is 106 Å². The average molecular weight is 908 g/mol. The van der Waals surface area contributed by atoms with Crippen molar-refractivity contribution in [3.05, 3.63) is 64.0 Å². The molecule has 7 aliphatic rings. The number of imidazole rings is 1. The van der Waals surface area contributed by atoms with Crippen LogP contribution in [0.25, 0.3) is 11.0 Å². The highest BCUT2D eigenvalue weighted by molar-refractivity contribution is 7.92. The summed E-state index contributed by atoms with van der Waals surface area (Å²) in [5.74, 6) is 0.410. The zero-order valence-corrected chi connectivity index (χ0v) is 38.1. The van der Waals surface area contributed by atoms with Crippen molar-refractivity contribution in [1.82, 2.24) is 29.3 Å². The number of carbonyl (C=O) groups is 3. The first-order valence-corrected chi connectivity index (χ1v) is 25.3. The van der Waals surface area contributed by atoms with E-state index in [1.807, 2.05) is 29.0 Å². The van der Waals surface area contributed by atoms with E-state index in [2.05, 4.69) is 20.5 Å². The quantitative estimate of drug-likeness (QED) is 0.193. The number of sulfone groups is 1. The molecule has 0 radical (unpaired) electrons. The molecular weight excluding hydrogens is 850 g/mol. The Morgan fingerprint density at radius 3 is 2.35 bits per heavy atom. The molecule has 3 saturated heterocycles. The van der Waals surface area contributed by atoms with Crippen molar-refractivity contribution < 1.29 is 27.2 Å². The topological polar surface area (TPSA) is 172 Å². The molecule has 2 aromatic carbocycles. The van der Waals surface area contributed by atoms with E-state index in [0.29, 0.717) is 60.3 Å². The second-order valence-electron chi connectivity index (χ2n) is 20.5. The van der Waals surface area contributed by atoms with Crippen molar-refractivity contribution >= 4 is 61.7 Å². The molecule has 3 amide bonds. The number of fused-ring (bicyclic) bond motifs is 2. The fourth-order valence-corrected chi connectivity index (χ4v) is 14.4. The second kappa shape index (κ2) is 15.7. The minimum atomic E-state index is -3.52. The Labute approximate surface area is 378 Å². The normalized spacial score (nSPS) is 23.9. The Morgan fingerprint density at radius 2 is 1.66 bits per heavy atom. The number of benzene rings is 2. The van der Waals surface area contributed by atoms with E-state index >= 15 is 4.39 Å². The summed E-state index contributed by atoms with van der Waals surface area (Å²) in [5, 5.41) is 5.23. The van der Waals surface area contributed by atoms with E-state index in [1.165, 1.54) is 16.2 Å². The number of piperidine rings is 3. The summed E-state index contributed by atoms with van der Waals surface area (Å²) in [4.78, 5) is 67.7. The van der Waals surface area contributed by atoms with Crippen molar-refractivity contribution in [3.63, 3.8) is 0 Å². The van der Waals surface area contributed by atoms with Gasteiger partial charge in [-0.15, -0.1) is 0 Å². The smallest absolute Gasteiger partial charge is 0.329 e. The maximum absolute atomic E-state index is 16.2. The largest absolute Gasteiger partial charge is 0.369 e. The minimum Gasteiger partial charge on any atom is -0.369 e. The number of aryl methyl sites for hydroxylation is 2. The van der Waals surface area contributed by atoms with Crippen molar-refractivity contribution in [1.29, 1.82) is 0 Å². The van der Waals surface area contributed by atoms with Gasteiger partial charge in [-0.25, -0.2) is 22.6 Å². The number of hydrogen-bond acceptors (Lipinski definition) is 11. The number of anilines is 4. The molecule has 4 aliphatic heterocycles. The molecule has 15 nitrogen and oxygen atoms in total. The van der Waals surface area contributed by atoms with Gasteiger partial charge in [0.1, 0.15) is 17.4 Å². The average Bonchev–Trinajstić information content (AvgIpc) is 3.74. The van der Waals surface area contributed by atoms with Crippen LogP contribution in [0.2, 0.25) is 0 Å². The Kier molecular flexibility index (Phi) is 10.3. The lowest BCUT2D eigenvalue weighted by Gasteiger charge is -2.52. The number of nitrogens with one attached hydrogen (secondary N) is 2. The van der Waals surface area contributed by atoms with Gasteiger partial charge in [0.2, 0.25) is 23.7 Å². The number of hydrogen-bond donors (Lipinski definition) is 2. The van der Waals surface area contributed by atoms with Crippen LogP contribution < -0.4 is 26.1 Å². The summed E-state index contributed by atoms with van der Waals surface area (Å²) >= 11 is 0. The molecule has 17 heteroatoms. The van der Waals surface area contributed by atoms with Gasteiger partial charge in [0.15, 0.2) is 15.7 Å². The minimum absolute atomic E-state index is 0.0538. The van der Waals surface area contributed by atoms with Gasteiger partial charge >= 0.3 is 5.69 Å². The summed E-state index contributed by atoms with van der Waals surface area (Å²) in [6, 6.07) is 7.99. The number of carbonyl (C=O) groups excluding carboxylic acids is 3. The predicted molar refractivity (Wildman–Crippen MR) is 243 cm³/mol. The van der Waals surface area contributed by atoms with Crippen LogP contribution in [0.3, 0.4) is 0 Å². The summed E-state index contributed by atoms with van der Waals surface area (Å²) in [6.45, 7) is 6.12. The zero-order chi connectivity index (χ0) is 45.0. The van der Waals surface area contributed by atoms with Crippen molar-refractivity contribution in [2.75, 3.05) is 47.8 Å². The molecule has 11 rings (SSSR count). The van der Waals surface area contributed by atoms with Gasteiger partial charge in [-0.05, 0) is 144 Å². The molecule has 2 N–H and O–H groups in total. The van der Waals surface area contributed by atoms with Crippen molar-refractivity contribution in [3.8, 4) is 0 Å². The van der Waals surface area contributed by atoms with Crippen LogP contribution in [0, 0.1) is 29.5 Å². The van der Waals surface area contributed by atoms with E-state index in [-0.39, 0.29) is 47.0 Å². The van der Waals surface area contributed by atoms with Gasteiger partial charge in [0.25, 0.3) is 0 Å². The van der Waals surface area contributed by atoms with Gasteiger partial charge in [-0.3, -0.25) is 33.7 Å². The molecule has 6 heterocycles. The summed E-state index contributed by atoms with van der Waals surface area (Å²) in [7, 11) is -2.00. The van der Waals surface area contributed by atoms with E-state index < -0.39 is 38.5 Å². The molecule has 1 atom stereocenters. The SMILES string of the molecule is Cc1cc(S(=O)(=O)C2CC3(CCN(CC4CCN(c5ccc6c(c5F)n(C)c(=O)n6C5CCC(=O)NC5=O)CC4)CC3)C2)ccc1Nc1ncc2c(n1)N(C1CCCC1)C(=O)C1(CC1)C2. The fraction of sp³-hybridized carbons (Fsp3) is 0.583. The Balaban J connectivity index is 0.675. The first-order chi connectivity index (χ1) is 31.2. The monoisotopic (exact) mass is 907 g/mol. The van der Waals surface area contributed by atoms with Crippen LogP contribution in [-0.4, -0.2) is 94.2 Å². The first kappa shape index (κ1) is 42.5. The molecule has 344 valence electrons. The molecular formula is C48H58FN9O6S. The van der Waals surface area contributed by atoms with Crippen LogP contribution in [0.4, 0.5) is 27.5 Å². The number of nitrogens with zero attached hydrogens (tertiary/aromatic N) is 7. The highest BCUT2D eigenvalue weighted by Gasteiger charge is 2.57. The van der Waals surface area contributed by atoms with Gasteiger partial charge in [-0.1, -0.05) is 12.8 Å². The fourth-order valence-electron chi connectivity index (χ4n) is 12.2. The predicted octanol–water partition coefficient (Wildman–Crippen LogP) is 5.85. The number of aromatic nitrogens is 4. The molecule has 65 heavy (non-hydrogen) atoms. The van der Waals surface area contributed by atoms with E-state index in [1.54, 1.807) is 24.3 Å². The highest BCUT2D eigenvalue weighted by Crippen LogP contribution is 2.55. The summed E-state index contributed by atoms with van der Waals surface area (Å²) in [5.41, 5.74) is 2.80. The Morgan fingerprint density at radius 1 is 0.923 bits per heavy atom. The zero-order valence-electron chi connectivity index (χ0n) is 37.3. The first-order valence-electron chi connectivity index (χ1n) is 23.7. The van der Waals surface area contributed by atoms with E-state index in [9.17, 15) is 27.6 Å². The highest BCUT2D eigenvalue weighted by atomic mass is 32.2. The Hall–Kier alpha value is -5.16. The molecule has 3 saturated carbocycles. The summed E-state index contributed by atoms with van der Waals surface area (Å²) < 4.78 is 46.7. The van der Waals surface area contributed by atoms with Gasteiger partial charge in [-0.2, -0.15) is 4.98 Å². The van der Waals surface area contributed by atoms with Crippen LogP contribution in [0.1, 0.15) is 107 Å². The second-order valence-corrected chi connectivity index (χ2v) is 22.7. The lowest BCUT2D eigenvalue weighted by atomic mass is 9.63. The third-order valence-corrected chi connectivity index (χ3v) is 18.5. The number of imide groups is 1. The van der Waals surface area contributed by atoms with Gasteiger partial charge < -0.3 is 15.1 Å². The van der Waals surface area contributed by atoms with Crippen LogP contribution >= 0.6 is 0 Å². The number of halogens is 1. The third kappa shape index (κ3) is 7.26. The molecule has 2 aromatic heterocycles. The maximum Gasteiger partial charge on any atom is 0.329 e. The van der Waals surface area contributed by atoms with Crippen LogP contribution in [0.5, 0.6) is 0 Å². The van der Waals surface area contributed by atoms with Crippen molar-refractivity contribution in [2.45, 2.75) is 125 Å². The number of rotatable bonds is 9. The van der Waals surface area contributed by atoms with Crippen molar-refractivity contribution in [2.24, 2.45) is 23.8 Å². The number of amides is 3. The van der Waals surface area contributed by atoms with E-state index in [4.69, 9.17) is 4.98 Å². The molecule has 4 aromatic rings.